The van der Waals surface area contributed by atoms with E-state index in [0.717, 1.165) is 16.3 Å². The van der Waals surface area contributed by atoms with Gasteiger partial charge in [-0.15, -0.1) is 23.1 Å². The van der Waals surface area contributed by atoms with Crippen molar-refractivity contribution in [3.8, 4) is 0 Å². The average molecular weight is 338 g/mol. The van der Waals surface area contributed by atoms with Crippen LogP contribution in [0.3, 0.4) is 0 Å². The van der Waals surface area contributed by atoms with Gasteiger partial charge in [-0.25, -0.2) is 4.98 Å². The first-order valence-electron chi connectivity index (χ1n) is 7.29. The predicted molar refractivity (Wildman–Crippen MR) is 97.6 cm³/mol. The fraction of sp³-hybridized carbons (Fsp3) is 0.111. The van der Waals surface area contributed by atoms with Crippen LogP contribution in [0.4, 0.5) is 0 Å². The first-order valence-corrected chi connectivity index (χ1v) is 9.15. The molecule has 2 heterocycles. The minimum Gasteiger partial charge on any atom is -0.269 e. The maximum absolute atomic E-state index is 12.2. The Morgan fingerprint density at radius 1 is 1.13 bits per heavy atom. The van der Waals surface area contributed by atoms with E-state index in [2.05, 4.69) is 35.3 Å². The van der Waals surface area contributed by atoms with Crippen LogP contribution in [-0.2, 0) is 5.75 Å². The third kappa shape index (κ3) is 2.78. The second-order valence-electron chi connectivity index (χ2n) is 5.38. The van der Waals surface area contributed by atoms with Crippen molar-refractivity contribution in [1.29, 1.82) is 0 Å². The van der Waals surface area contributed by atoms with Crippen molar-refractivity contribution < 1.29 is 0 Å². The highest BCUT2D eigenvalue weighted by Crippen LogP contribution is 2.26. The van der Waals surface area contributed by atoms with Crippen LogP contribution in [0.15, 0.2) is 63.6 Å². The molecule has 3 nitrogen and oxygen atoms in total. The topological polar surface area (TPSA) is 34.4 Å². The maximum Gasteiger partial charge on any atom is 0.258 e. The molecule has 0 atom stereocenters. The second kappa shape index (κ2) is 5.83. The molecule has 0 amide bonds. The van der Waals surface area contributed by atoms with E-state index >= 15 is 0 Å². The lowest BCUT2D eigenvalue weighted by Crippen LogP contribution is -2.14. The van der Waals surface area contributed by atoms with Gasteiger partial charge in [-0.2, -0.15) is 0 Å². The normalized spacial score (nSPS) is 11.3. The summed E-state index contributed by atoms with van der Waals surface area (Å²) < 4.78 is 1.66. The summed E-state index contributed by atoms with van der Waals surface area (Å²) in [5, 5.41) is 4.43. The quantitative estimate of drug-likeness (QED) is 0.516. The third-order valence-corrected chi connectivity index (χ3v) is 5.71. The molecule has 5 heteroatoms. The molecule has 0 saturated carbocycles. The summed E-state index contributed by atoms with van der Waals surface area (Å²) in [5.74, 6) is 0.695. The molecule has 23 heavy (non-hydrogen) atoms. The van der Waals surface area contributed by atoms with E-state index in [1.807, 2.05) is 24.4 Å². The van der Waals surface area contributed by atoms with Crippen molar-refractivity contribution in [3.05, 3.63) is 75.7 Å². The molecule has 0 bridgehead atoms. The van der Waals surface area contributed by atoms with Crippen LogP contribution in [0.5, 0.6) is 0 Å². The average Bonchev–Trinajstić information content (AvgIpc) is 2.94. The summed E-state index contributed by atoms with van der Waals surface area (Å²) in [7, 11) is 0. The van der Waals surface area contributed by atoms with Gasteiger partial charge in [-0.1, -0.05) is 30.3 Å². The molecule has 0 fully saturated rings. The van der Waals surface area contributed by atoms with Gasteiger partial charge >= 0.3 is 0 Å². The number of aryl methyl sites for hydroxylation is 1. The van der Waals surface area contributed by atoms with E-state index in [9.17, 15) is 4.79 Å². The Hall–Kier alpha value is -2.11. The minimum absolute atomic E-state index is 0.00265. The van der Waals surface area contributed by atoms with Gasteiger partial charge in [0, 0.05) is 27.8 Å². The molecule has 0 aliphatic carbocycles. The van der Waals surface area contributed by atoms with E-state index in [1.165, 1.54) is 27.0 Å². The number of hydrogen-bond acceptors (Lipinski definition) is 4. The monoisotopic (exact) mass is 338 g/mol. The molecule has 0 aliphatic heterocycles. The first-order chi connectivity index (χ1) is 11.2. The molecule has 4 rings (SSSR count). The van der Waals surface area contributed by atoms with Crippen molar-refractivity contribution in [1.82, 2.24) is 9.38 Å². The van der Waals surface area contributed by atoms with Crippen LogP contribution in [0.25, 0.3) is 15.7 Å². The Kier molecular flexibility index (Phi) is 3.67. The van der Waals surface area contributed by atoms with Crippen molar-refractivity contribution in [2.24, 2.45) is 0 Å². The Bertz CT molecular complexity index is 1070. The molecule has 0 aliphatic rings. The first kappa shape index (κ1) is 14.5. The lowest BCUT2D eigenvalue weighted by molar-refractivity contribution is 0.997. The zero-order valence-corrected chi connectivity index (χ0v) is 14.2. The van der Waals surface area contributed by atoms with Gasteiger partial charge in [-0.05, 0) is 29.8 Å². The largest absolute Gasteiger partial charge is 0.269 e. The summed E-state index contributed by atoms with van der Waals surface area (Å²) in [6.07, 6.45) is 0. The van der Waals surface area contributed by atoms with E-state index in [1.54, 1.807) is 22.2 Å². The van der Waals surface area contributed by atoms with E-state index in [0.29, 0.717) is 5.75 Å². The molecule has 2 aromatic heterocycles. The predicted octanol–water partition coefficient (Wildman–Crippen LogP) is 4.51. The Labute approximate surface area is 141 Å². The molecule has 114 valence electrons. The van der Waals surface area contributed by atoms with Crippen LogP contribution < -0.4 is 5.56 Å². The van der Waals surface area contributed by atoms with Crippen LogP contribution in [0.1, 0.15) is 11.4 Å². The number of hydrogen-bond donors (Lipinski definition) is 0. The van der Waals surface area contributed by atoms with Crippen LogP contribution in [0, 0.1) is 6.92 Å². The van der Waals surface area contributed by atoms with Gasteiger partial charge in [0.2, 0.25) is 0 Å². The molecular formula is C18H14N2OS2. The van der Waals surface area contributed by atoms with Crippen molar-refractivity contribution in [2.45, 2.75) is 17.6 Å². The third-order valence-electron chi connectivity index (χ3n) is 3.74. The maximum atomic E-state index is 12.2. The highest BCUT2D eigenvalue weighted by atomic mass is 32.2. The molecule has 0 saturated heterocycles. The summed E-state index contributed by atoms with van der Waals surface area (Å²) in [6, 6.07) is 16.4. The standard InChI is InChI=1S/C18H14N2OS2/c1-12-10-23-18-19-15(9-17(21)20(12)18)11-22-16-7-6-13-4-2-3-5-14(13)8-16/h2-10H,11H2,1H3. The number of rotatable bonds is 3. The number of thioether (sulfide) groups is 1. The lowest BCUT2D eigenvalue weighted by Gasteiger charge is -2.04. The Morgan fingerprint density at radius 3 is 2.83 bits per heavy atom. The molecule has 0 N–H and O–H groups in total. The lowest BCUT2D eigenvalue weighted by atomic mass is 10.1. The molecule has 0 unspecified atom stereocenters. The van der Waals surface area contributed by atoms with Gasteiger partial charge in [-0.3, -0.25) is 9.20 Å². The molecular weight excluding hydrogens is 324 g/mol. The van der Waals surface area contributed by atoms with Crippen LogP contribution >= 0.6 is 23.1 Å². The second-order valence-corrected chi connectivity index (χ2v) is 7.26. The van der Waals surface area contributed by atoms with Gasteiger partial charge in [0.1, 0.15) is 0 Å². The van der Waals surface area contributed by atoms with E-state index in [4.69, 9.17) is 0 Å². The SMILES string of the molecule is Cc1csc2nc(CSc3ccc4ccccc4c3)cc(=O)n12. The van der Waals surface area contributed by atoms with Crippen molar-refractivity contribution in [3.63, 3.8) is 0 Å². The smallest absolute Gasteiger partial charge is 0.258 e. The molecule has 0 radical (unpaired) electrons. The summed E-state index contributed by atoms with van der Waals surface area (Å²) in [6.45, 7) is 1.93. The zero-order chi connectivity index (χ0) is 15.8. The van der Waals surface area contributed by atoms with Crippen LogP contribution in [-0.4, -0.2) is 9.38 Å². The molecule has 4 aromatic rings. The summed E-state index contributed by atoms with van der Waals surface area (Å²) >= 11 is 3.21. The summed E-state index contributed by atoms with van der Waals surface area (Å²) in [4.78, 5) is 18.7. The zero-order valence-electron chi connectivity index (χ0n) is 12.5. The number of fused-ring (bicyclic) bond motifs is 2. The van der Waals surface area contributed by atoms with Gasteiger partial charge in [0.15, 0.2) is 4.96 Å². The number of benzene rings is 2. The van der Waals surface area contributed by atoms with E-state index < -0.39 is 0 Å². The minimum atomic E-state index is 0.00265. The number of thiazole rings is 1. The number of aromatic nitrogens is 2. The Balaban J connectivity index is 1.61. The fourth-order valence-electron chi connectivity index (χ4n) is 2.59. The highest BCUT2D eigenvalue weighted by Gasteiger charge is 2.07. The van der Waals surface area contributed by atoms with Gasteiger partial charge < -0.3 is 0 Å². The van der Waals surface area contributed by atoms with Crippen LogP contribution in [0.2, 0.25) is 0 Å². The van der Waals surface area contributed by atoms with Gasteiger partial charge in [0.05, 0.1) is 5.69 Å². The van der Waals surface area contributed by atoms with Crippen molar-refractivity contribution in [2.75, 3.05) is 0 Å². The fourth-order valence-corrected chi connectivity index (χ4v) is 4.32. The molecule has 0 spiro atoms. The summed E-state index contributed by atoms with van der Waals surface area (Å²) in [5.41, 5.74) is 1.77. The van der Waals surface area contributed by atoms with Crippen molar-refractivity contribution >= 4 is 38.8 Å². The number of nitrogens with zero attached hydrogens (tertiary/aromatic N) is 2. The van der Waals surface area contributed by atoms with E-state index in [-0.39, 0.29) is 5.56 Å². The Morgan fingerprint density at radius 2 is 1.96 bits per heavy atom. The highest BCUT2D eigenvalue weighted by molar-refractivity contribution is 7.98. The van der Waals surface area contributed by atoms with Gasteiger partial charge in [0.25, 0.3) is 5.56 Å². The molecule has 2 aromatic carbocycles.